The molecule has 6 nitrogen and oxygen atoms in total. The Labute approximate surface area is 142 Å². The molecule has 6 heteroatoms. The SMILES string of the molecule is COC(=O)c1cccc(NC(=O)C2CC2C(=O)NCCC(C)C)c1. The molecule has 2 atom stereocenters. The Bertz CT molecular complexity index is 627. The number of hydrogen-bond donors (Lipinski definition) is 2. The Kier molecular flexibility index (Phi) is 5.95. The largest absolute Gasteiger partial charge is 0.465 e. The second-order valence-electron chi connectivity index (χ2n) is 6.48. The molecule has 24 heavy (non-hydrogen) atoms. The van der Waals surface area contributed by atoms with E-state index < -0.39 is 5.97 Å². The number of benzene rings is 1. The predicted octanol–water partition coefficient (Wildman–Crippen LogP) is 2.21. The Balaban J connectivity index is 1.84. The Morgan fingerprint density at radius 1 is 1.21 bits per heavy atom. The summed E-state index contributed by atoms with van der Waals surface area (Å²) in [5, 5.41) is 5.63. The summed E-state index contributed by atoms with van der Waals surface area (Å²) in [6.07, 6.45) is 1.49. The molecule has 1 aromatic rings. The smallest absolute Gasteiger partial charge is 0.337 e. The summed E-state index contributed by atoms with van der Waals surface area (Å²) in [6, 6.07) is 6.54. The number of carbonyl (C=O) groups is 3. The third kappa shape index (κ3) is 4.81. The maximum atomic E-state index is 12.2. The number of ether oxygens (including phenoxy) is 1. The molecule has 2 N–H and O–H groups in total. The van der Waals surface area contributed by atoms with Gasteiger partial charge in [-0.05, 0) is 37.0 Å². The average Bonchev–Trinajstić information content (AvgIpc) is 3.34. The van der Waals surface area contributed by atoms with Gasteiger partial charge in [0.1, 0.15) is 0 Å². The van der Waals surface area contributed by atoms with Crippen LogP contribution < -0.4 is 10.6 Å². The van der Waals surface area contributed by atoms with E-state index in [9.17, 15) is 14.4 Å². The van der Waals surface area contributed by atoms with Crippen molar-refractivity contribution in [1.82, 2.24) is 5.32 Å². The van der Waals surface area contributed by atoms with Crippen LogP contribution >= 0.6 is 0 Å². The molecule has 2 rings (SSSR count). The van der Waals surface area contributed by atoms with Crippen molar-refractivity contribution < 1.29 is 19.1 Å². The molecule has 0 aromatic heterocycles. The fourth-order valence-corrected chi connectivity index (χ4v) is 2.47. The third-order valence-corrected chi connectivity index (χ3v) is 4.04. The summed E-state index contributed by atoms with van der Waals surface area (Å²) in [6.45, 7) is 4.84. The average molecular weight is 332 g/mol. The van der Waals surface area contributed by atoms with Crippen molar-refractivity contribution in [3.8, 4) is 0 Å². The van der Waals surface area contributed by atoms with Crippen molar-refractivity contribution in [3.63, 3.8) is 0 Å². The fourth-order valence-electron chi connectivity index (χ4n) is 2.47. The van der Waals surface area contributed by atoms with Gasteiger partial charge in [0.05, 0.1) is 24.5 Å². The normalized spacial score (nSPS) is 18.8. The molecule has 1 aliphatic rings. The second-order valence-corrected chi connectivity index (χ2v) is 6.48. The molecule has 1 aliphatic carbocycles. The van der Waals surface area contributed by atoms with Crippen LogP contribution in [0.3, 0.4) is 0 Å². The van der Waals surface area contributed by atoms with Crippen LogP contribution in [0.2, 0.25) is 0 Å². The zero-order chi connectivity index (χ0) is 17.7. The van der Waals surface area contributed by atoms with Gasteiger partial charge in [0.2, 0.25) is 11.8 Å². The highest BCUT2D eigenvalue weighted by Crippen LogP contribution is 2.39. The number of methoxy groups -OCH3 is 1. The van der Waals surface area contributed by atoms with E-state index in [4.69, 9.17) is 0 Å². The maximum Gasteiger partial charge on any atom is 0.337 e. The van der Waals surface area contributed by atoms with Gasteiger partial charge in [-0.2, -0.15) is 0 Å². The predicted molar refractivity (Wildman–Crippen MR) is 90.5 cm³/mol. The first-order valence-electron chi connectivity index (χ1n) is 8.19. The molecular formula is C18H24N2O4. The zero-order valence-electron chi connectivity index (χ0n) is 14.3. The molecule has 0 spiro atoms. The van der Waals surface area contributed by atoms with Crippen molar-refractivity contribution in [2.75, 3.05) is 19.0 Å². The summed E-state index contributed by atoms with van der Waals surface area (Å²) in [7, 11) is 1.31. The van der Waals surface area contributed by atoms with Crippen LogP contribution in [0.15, 0.2) is 24.3 Å². The summed E-state index contributed by atoms with van der Waals surface area (Å²) < 4.78 is 4.65. The van der Waals surface area contributed by atoms with Crippen LogP contribution in [0.25, 0.3) is 0 Å². The molecule has 1 aromatic carbocycles. The number of rotatable bonds is 7. The highest BCUT2D eigenvalue weighted by molar-refractivity contribution is 6.00. The number of nitrogens with one attached hydrogen (secondary N) is 2. The van der Waals surface area contributed by atoms with Crippen LogP contribution in [0.5, 0.6) is 0 Å². The molecule has 0 bridgehead atoms. The minimum absolute atomic E-state index is 0.0564. The Morgan fingerprint density at radius 2 is 1.92 bits per heavy atom. The van der Waals surface area contributed by atoms with E-state index in [1.54, 1.807) is 24.3 Å². The first-order chi connectivity index (χ1) is 11.4. The minimum atomic E-state index is -0.458. The molecule has 0 heterocycles. The standard InChI is InChI=1S/C18H24N2O4/c1-11(2)7-8-19-16(21)14-10-15(14)17(22)20-13-6-4-5-12(9-13)18(23)24-3/h4-6,9,11,14-15H,7-8,10H2,1-3H3,(H,19,21)(H,20,22). The van der Waals surface area contributed by atoms with Crippen molar-refractivity contribution in [3.05, 3.63) is 29.8 Å². The summed E-state index contributed by atoms with van der Waals surface area (Å²) in [5.74, 6) is -0.725. The van der Waals surface area contributed by atoms with E-state index in [-0.39, 0.29) is 23.7 Å². The lowest BCUT2D eigenvalue weighted by atomic mass is 10.1. The van der Waals surface area contributed by atoms with Crippen LogP contribution in [0.1, 0.15) is 37.0 Å². The topological polar surface area (TPSA) is 84.5 Å². The van der Waals surface area contributed by atoms with Crippen LogP contribution in [-0.4, -0.2) is 31.4 Å². The molecule has 2 unspecified atom stereocenters. The van der Waals surface area contributed by atoms with E-state index in [1.165, 1.54) is 7.11 Å². The van der Waals surface area contributed by atoms with Gasteiger partial charge in [-0.3, -0.25) is 9.59 Å². The first-order valence-corrected chi connectivity index (χ1v) is 8.19. The van der Waals surface area contributed by atoms with Gasteiger partial charge in [-0.1, -0.05) is 19.9 Å². The second kappa shape index (κ2) is 7.95. The van der Waals surface area contributed by atoms with Crippen molar-refractivity contribution in [2.24, 2.45) is 17.8 Å². The summed E-state index contributed by atoms with van der Waals surface area (Å²) in [5.41, 5.74) is 0.892. The number of esters is 1. The van der Waals surface area contributed by atoms with E-state index >= 15 is 0 Å². The molecule has 1 fully saturated rings. The van der Waals surface area contributed by atoms with Crippen LogP contribution in [0.4, 0.5) is 5.69 Å². The molecule has 0 radical (unpaired) electrons. The van der Waals surface area contributed by atoms with E-state index in [2.05, 4.69) is 29.2 Å². The number of anilines is 1. The van der Waals surface area contributed by atoms with Gasteiger partial charge in [0, 0.05) is 12.2 Å². The number of amides is 2. The van der Waals surface area contributed by atoms with Gasteiger partial charge in [-0.25, -0.2) is 4.79 Å². The lowest BCUT2D eigenvalue weighted by molar-refractivity contribution is -0.125. The molecule has 130 valence electrons. The van der Waals surface area contributed by atoms with E-state index in [0.717, 1.165) is 6.42 Å². The lowest BCUT2D eigenvalue weighted by Crippen LogP contribution is -2.28. The number of hydrogen-bond acceptors (Lipinski definition) is 4. The lowest BCUT2D eigenvalue weighted by Gasteiger charge is -2.08. The molecule has 0 aliphatic heterocycles. The van der Waals surface area contributed by atoms with E-state index in [1.807, 2.05) is 0 Å². The minimum Gasteiger partial charge on any atom is -0.465 e. The Hall–Kier alpha value is -2.37. The molecule has 2 amide bonds. The fraction of sp³-hybridized carbons (Fsp3) is 0.500. The van der Waals surface area contributed by atoms with Gasteiger partial charge in [0.15, 0.2) is 0 Å². The molecular weight excluding hydrogens is 308 g/mol. The molecule has 0 saturated heterocycles. The van der Waals surface area contributed by atoms with Gasteiger partial charge in [0.25, 0.3) is 0 Å². The molecule has 1 saturated carbocycles. The van der Waals surface area contributed by atoms with Gasteiger partial charge in [-0.15, -0.1) is 0 Å². The maximum absolute atomic E-state index is 12.2. The van der Waals surface area contributed by atoms with Crippen molar-refractivity contribution >= 4 is 23.5 Å². The van der Waals surface area contributed by atoms with E-state index in [0.29, 0.717) is 30.1 Å². The zero-order valence-corrected chi connectivity index (χ0v) is 14.3. The van der Waals surface area contributed by atoms with Crippen LogP contribution in [-0.2, 0) is 14.3 Å². The highest BCUT2D eigenvalue weighted by Gasteiger charge is 2.47. The van der Waals surface area contributed by atoms with Gasteiger partial charge >= 0.3 is 5.97 Å². The van der Waals surface area contributed by atoms with Crippen LogP contribution in [0, 0.1) is 17.8 Å². The highest BCUT2D eigenvalue weighted by atomic mass is 16.5. The number of carbonyl (C=O) groups excluding carboxylic acids is 3. The van der Waals surface area contributed by atoms with Crippen molar-refractivity contribution in [1.29, 1.82) is 0 Å². The van der Waals surface area contributed by atoms with Crippen molar-refractivity contribution in [2.45, 2.75) is 26.7 Å². The summed E-state index contributed by atoms with van der Waals surface area (Å²) >= 11 is 0. The summed E-state index contributed by atoms with van der Waals surface area (Å²) in [4.78, 5) is 35.7. The first kappa shape index (κ1) is 18.0. The Morgan fingerprint density at radius 3 is 2.58 bits per heavy atom. The van der Waals surface area contributed by atoms with Gasteiger partial charge < -0.3 is 15.4 Å². The quantitative estimate of drug-likeness (QED) is 0.750. The third-order valence-electron chi connectivity index (χ3n) is 4.04. The monoisotopic (exact) mass is 332 g/mol.